The predicted octanol–water partition coefficient (Wildman–Crippen LogP) is 3.37. The van der Waals surface area contributed by atoms with E-state index in [1.54, 1.807) is 18.2 Å². The Morgan fingerprint density at radius 3 is 2.72 bits per heavy atom. The fraction of sp³-hybridized carbons (Fsp3) is 0.348. The van der Waals surface area contributed by atoms with Crippen LogP contribution in [0.15, 0.2) is 47.6 Å². The van der Waals surface area contributed by atoms with Crippen molar-refractivity contribution in [3.63, 3.8) is 0 Å². The van der Waals surface area contributed by atoms with Gasteiger partial charge in [0.15, 0.2) is 22.4 Å². The average Bonchev–Trinajstić information content (AvgIpc) is 3.49. The number of carbonyl (C=O) groups excluding carboxylic acids is 1. The molecule has 1 aromatic heterocycles. The molecule has 0 spiro atoms. The van der Waals surface area contributed by atoms with E-state index in [0.717, 1.165) is 31.1 Å². The number of rotatable bonds is 7. The van der Waals surface area contributed by atoms with Crippen molar-refractivity contribution in [2.24, 2.45) is 0 Å². The molecule has 2 aliphatic rings. The van der Waals surface area contributed by atoms with E-state index < -0.39 is 0 Å². The molecule has 9 heteroatoms. The van der Waals surface area contributed by atoms with Gasteiger partial charge in [-0.05, 0) is 36.2 Å². The summed E-state index contributed by atoms with van der Waals surface area (Å²) in [6.45, 7) is 5.15. The Balaban J connectivity index is 1.43. The summed E-state index contributed by atoms with van der Waals surface area (Å²) in [5, 5.41) is 9.66. The Morgan fingerprint density at radius 1 is 1.06 bits per heavy atom. The summed E-state index contributed by atoms with van der Waals surface area (Å²) >= 11 is 1.39. The van der Waals surface area contributed by atoms with Gasteiger partial charge in [0.2, 0.25) is 12.7 Å². The molecule has 1 fully saturated rings. The molecule has 0 atom stereocenters. The van der Waals surface area contributed by atoms with E-state index in [1.807, 2.05) is 12.1 Å². The van der Waals surface area contributed by atoms with Crippen LogP contribution in [-0.4, -0.2) is 59.4 Å². The average molecular weight is 453 g/mol. The normalized spacial score (nSPS) is 15.2. The molecule has 0 saturated carbocycles. The van der Waals surface area contributed by atoms with Gasteiger partial charge < -0.3 is 19.1 Å². The number of ether oxygens (including phenoxy) is 3. The lowest BCUT2D eigenvalue weighted by atomic mass is 10.1. The van der Waals surface area contributed by atoms with Crippen molar-refractivity contribution in [1.29, 1.82) is 0 Å². The molecule has 3 aromatic rings. The van der Waals surface area contributed by atoms with Gasteiger partial charge >= 0.3 is 0 Å². The number of hydrogen-bond acceptors (Lipinski definition) is 8. The molecule has 5 rings (SSSR count). The highest BCUT2D eigenvalue weighted by Gasteiger charge is 2.24. The number of hydrogen-bond donors (Lipinski definition) is 0. The lowest BCUT2D eigenvalue weighted by molar-refractivity contribution is 0.102. The smallest absolute Gasteiger partial charge is 0.232 e. The number of anilines is 1. The van der Waals surface area contributed by atoms with Crippen LogP contribution < -0.4 is 14.4 Å². The quantitative estimate of drug-likeness (QED) is 0.399. The van der Waals surface area contributed by atoms with Crippen LogP contribution in [0.2, 0.25) is 0 Å². The minimum atomic E-state index is -0.000417. The largest absolute Gasteiger partial charge is 0.454 e. The van der Waals surface area contributed by atoms with E-state index in [4.69, 9.17) is 14.2 Å². The zero-order valence-corrected chi connectivity index (χ0v) is 18.6. The summed E-state index contributed by atoms with van der Waals surface area (Å²) in [4.78, 5) is 15.1. The van der Waals surface area contributed by atoms with Gasteiger partial charge in [-0.2, -0.15) is 0 Å². The standard InChI is InChI=1S/C23H24N4O4S/c1-2-16-5-3-4-6-18(16)27-22(26-9-11-29-12-10-26)24-25-23(27)32-14-19(28)17-7-8-20-21(13-17)31-15-30-20/h3-8,13H,2,9-12,14-15H2,1H3. The first kappa shape index (κ1) is 20.8. The number of aryl methyl sites for hydroxylation is 1. The second kappa shape index (κ2) is 9.22. The molecule has 0 amide bonds. The van der Waals surface area contributed by atoms with Crippen molar-refractivity contribution in [2.75, 3.05) is 43.7 Å². The predicted molar refractivity (Wildman–Crippen MR) is 121 cm³/mol. The van der Waals surface area contributed by atoms with Gasteiger partial charge in [0, 0.05) is 18.7 Å². The Morgan fingerprint density at radius 2 is 1.88 bits per heavy atom. The minimum Gasteiger partial charge on any atom is -0.454 e. The number of para-hydroxylation sites is 1. The van der Waals surface area contributed by atoms with Crippen molar-refractivity contribution < 1.29 is 19.0 Å². The van der Waals surface area contributed by atoms with E-state index in [-0.39, 0.29) is 18.3 Å². The second-order valence-electron chi connectivity index (χ2n) is 7.48. The number of nitrogens with zero attached hydrogens (tertiary/aromatic N) is 4. The maximum absolute atomic E-state index is 12.9. The molecule has 32 heavy (non-hydrogen) atoms. The van der Waals surface area contributed by atoms with Crippen LogP contribution in [0.3, 0.4) is 0 Å². The number of aromatic nitrogens is 3. The number of morpholine rings is 1. The summed E-state index contributed by atoms with van der Waals surface area (Å²) in [6, 6.07) is 13.5. The molecule has 0 N–H and O–H groups in total. The molecular weight excluding hydrogens is 428 g/mol. The van der Waals surface area contributed by atoms with Crippen molar-refractivity contribution in [2.45, 2.75) is 18.5 Å². The Bertz CT molecular complexity index is 1130. The van der Waals surface area contributed by atoms with E-state index in [0.29, 0.717) is 35.4 Å². The third-order valence-electron chi connectivity index (χ3n) is 5.55. The molecule has 0 aliphatic carbocycles. The molecule has 8 nitrogen and oxygen atoms in total. The van der Waals surface area contributed by atoms with Gasteiger partial charge in [-0.15, -0.1) is 10.2 Å². The van der Waals surface area contributed by atoms with Crippen molar-refractivity contribution >= 4 is 23.5 Å². The maximum Gasteiger partial charge on any atom is 0.232 e. The van der Waals surface area contributed by atoms with Crippen LogP contribution in [-0.2, 0) is 11.2 Å². The van der Waals surface area contributed by atoms with Gasteiger partial charge in [-0.1, -0.05) is 36.9 Å². The Hall–Kier alpha value is -3.04. The van der Waals surface area contributed by atoms with Gasteiger partial charge in [0.05, 0.1) is 24.7 Å². The van der Waals surface area contributed by atoms with Crippen LogP contribution in [0.4, 0.5) is 5.95 Å². The monoisotopic (exact) mass is 452 g/mol. The number of ketones is 1. The first-order valence-corrected chi connectivity index (χ1v) is 11.6. The van der Waals surface area contributed by atoms with Gasteiger partial charge in [-0.25, -0.2) is 0 Å². The van der Waals surface area contributed by atoms with E-state index in [2.05, 4.69) is 38.7 Å². The highest BCUT2D eigenvalue weighted by atomic mass is 32.2. The number of Topliss-reactive ketones (excluding diaryl/α,β-unsaturated/α-hetero) is 1. The lowest BCUT2D eigenvalue weighted by Gasteiger charge is -2.28. The lowest BCUT2D eigenvalue weighted by Crippen LogP contribution is -2.38. The fourth-order valence-corrected chi connectivity index (χ4v) is 4.68. The first-order valence-electron chi connectivity index (χ1n) is 10.7. The second-order valence-corrected chi connectivity index (χ2v) is 8.42. The van der Waals surface area contributed by atoms with Gasteiger partial charge in [0.1, 0.15) is 0 Å². The molecule has 2 aliphatic heterocycles. The molecule has 2 aromatic carbocycles. The SMILES string of the molecule is CCc1ccccc1-n1c(SCC(=O)c2ccc3c(c2)OCO3)nnc1N1CCOCC1. The van der Waals surface area contributed by atoms with Gasteiger partial charge in [0.25, 0.3) is 0 Å². The third-order valence-corrected chi connectivity index (χ3v) is 6.48. The highest BCUT2D eigenvalue weighted by molar-refractivity contribution is 7.99. The van der Waals surface area contributed by atoms with Crippen molar-refractivity contribution in [3.05, 3.63) is 53.6 Å². The van der Waals surface area contributed by atoms with Gasteiger partial charge in [-0.3, -0.25) is 9.36 Å². The van der Waals surface area contributed by atoms with Crippen LogP contribution in [0.5, 0.6) is 11.5 Å². The van der Waals surface area contributed by atoms with E-state index in [1.165, 1.54) is 17.3 Å². The first-order chi connectivity index (χ1) is 15.7. The third kappa shape index (κ3) is 4.05. The molecule has 3 heterocycles. The summed E-state index contributed by atoms with van der Waals surface area (Å²) in [5.41, 5.74) is 2.83. The van der Waals surface area contributed by atoms with Crippen LogP contribution >= 0.6 is 11.8 Å². The number of fused-ring (bicyclic) bond motifs is 1. The molecule has 0 radical (unpaired) electrons. The summed E-state index contributed by atoms with van der Waals surface area (Å²) in [5.74, 6) is 2.30. The van der Waals surface area contributed by atoms with Crippen molar-refractivity contribution in [1.82, 2.24) is 14.8 Å². The molecular formula is C23H24N4O4S. The summed E-state index contributed by atoms with van der Waals surface area (Å²) in [6.07, 6.45) is 0.886. The van der Waals surface area contributed by atoms with Crippen molar-refractivity contribution in [3.8, 4) is 17.2 Å². The Kier molecular flexibility index (Phi) is 6.00. The summed E-state index contributed by atoms with van der Waals surface area (Å²) in [7, 11) is 0. The molecule has 1 saturated heterocycles. The summed E-state index contributed by atoms with van der Waals surface area (Å²) < 4.78 is 18.3. The maximum atomic E-state index is 12.9. The Labute approximate surface area is 190 Å². The van der Waals surface area contributed by atoms with Crippen LogP contribution in [0.25, 0.3) is 5.69 Å². The molecule has 0 bridgehead atoms. The molecule has 166 valence electrons. The fourth-order valence-electron chi connectivity index (χ4n) is 3.85. The zero-order chi connectivity index (χ0) is 21.9. The zero-order valence-electron chi connectivity index (χ0n) is 17.8. The highest BCUT2D eigenvalue weighted by Crippen LogP contribution is 2.34. The number of thioether (sulfide) groups is 1. The van der Waals surface area contributed by atoms with E-state index in [9.17, 15) is 4.79 Å². The number of carbonyl (C=O) groups is 1. The minimum absolute atomic E-state index is 0.000417. The van der Waals surface area contributed by atoms with E-state index >= 15 is 0 Å². The molecule has 0 unspecified atom stereocenters. The number of benzene rings is 2. The van der Waals surface area contributed by atoms with Crippen LogP contribution in [0, 0.1) is 0 Å². The topological polar surface area (TPSA) is 78.7 Å². The van der Waals surface area contributed by atoms with Crippen LogP contribution in [0.1, 0.15) is 22.8 Å².